The zero-order chi connectivity index (χ0) is 4.50. The largest absolute Gasteiger partial charge is 0.333 e. The molecule has 2 nitrogen and oxygen atoms in total. The molecule has 0 aliphatic carbocycles. The summed E-state index contributed by atoms with van der Waals surface area (Å²) in [6.45, 7) is -2.10. The van der Waals surface area contributed by atoms with Crippen molar-refractivity contribution < 1.29 is 9.46 Å². The van der Waals surface area contributed by atoms with E-state index in [1.54, 1.807) is 0 Å². The fourth-order valence-corrected chi connectivity index (χ4v) is 0. The second-order valence-corrected chi connectivity index (χ2v) is 4.22. The van der Waals surface area contributed by atoms with E-state index in [2.05, 4.69) is 11.2 Å². The Labute approximate surface area is 35.0 Å². The molecule has 0 aromatic heterocycles. The maximum atomic E-state index is 9.54. The van der Waals surface area contributed by atoms with Crippen LogP contribution in [0.1, 0.15) is 0 Å². The lowest BCUT2D eigenvalue weighted by atomic mass is 12.0. The molecule has 0 aromatic carbocycles. The number of halogens is 1. The summed E-state index contributed by atoms with van der Waals surface area (Å²) in [7, 11) is 0. The van der Waals surface area contributed by atoms with E-state index in [1.165, 1.54) is 0 Å². The molecular weight excluding hydrogens is 110 g/mol. The molecule has 0 heterocycles. The third-order valence-corrected chi connectivity index (χ3v) is 0. The van der Waals surface area contributed by atoms with Crippen LogP contribution in [-0.2, 0) is 4.57 Å². The lowest BCUT2D eigenvalue weighted by Gasteiger charge is -1.81. The first kappa shape index (κ1) is 5.48. The molecular formula is CH4ClO2P. The van der Waals surface area contributed by atoms with Gasteiger partial charge >= 0.3 is 0 Å². The predicted octanol–water partition coefficient (Wildman–Crippen LogP) is 1.04. The molecule has 0 spiro atoms. The summed E-state index contributed by atoms with van der Waals surface area (Å²) in [4.78, 5) is 7.84. The Balaban J connectivity index is 3.47. The Kier molecular flexibility index (Phi) is 1.42. The molecule has 32 valence electrons. The molecule has 0 aliphatic rings. The van der Waals surface area contributed by atoms with Gasteiger partial charge in [-0.25, -0.2) is 0 Å². The summed E-state index contributed by atoms with van der Waals surface area (Å²) < 4.78 is 9.54. The van der Waals surface area contributed by atoms with Crippen LogP contribution in [0.4, 0.5) is 0 Å². The van der Waals surface area contributed by atoms with Crippen molar-refractivity contribution in [3.05, 3.63) is 0 Å². The zero-order valence-electron chi connectivity index (χ0n) is 2.68. The molecule has 1 unspecified atom stereocenters. The van der Waals surface area contributed by atoms with E-state index in [9.17, 15) is 4.57 Å². The fraction of sp³-hybridized carbons (Fsp3) is 1.00. The van der Waals surface area contributed by atoms with Gasteiger partial charge in [0.15, 0.2) is 0 Å². The van der Waals surface area contributed by atoms with Crippen molar-refractivity contribution in [3.63, 3.8) is 0 Å². The van der Waals surface area contributed by atoms with Gasteiger partial charge in [-0.3, -0.25) is 4.57 Å². The van der Waals surface area contributed by atoms with Gasteiger partial charge in [0.25, 0.3) is 6.72 Å². The van der Waals surface area contributed by atoms with Gasteiger partial charge in [0, 0.05) is 6.66 Å². The standard InChI is InChI=1S/CH4ClO2P/c1-5(2,3)4/h1H3,(H,3,4). The van der Waals surface area contributed by atoms with Crippen molar-refractivity contribution in [2.24, 2.45) is 0 Å². The first-order valence-corrected chi connectivity index (χ1v) is 4.01. The van der Waals surface area contributed by atoms with Crippen molar-refractivity contribution in [3.8, 4) is 0 Å². The van der Waals surface area contributed by atoms with E-state index in [0.29, 0.717) is 0 Å². The molecule has 1 atom stereocenters. The molecule has 4 heteroatoms. The molecule has 0 fully saturated rings. The number of hydrogen-bond donors (Lipinski definition) is 1. The molecule has 0 amide bonds. The van der Waals surface area contributed by atoms with Crippen LogP contribution in [0.3, 0.4) is 0 Å². The van der Waals surface area contributed by atoms with E-state index in [0.717, 1.165) is 6.66 Å². The molecule has 0 saturated carbocycles. The normalized spacial score (nSPS) is 21.4. The van der Waals surface area contributed by atoms with Gasteiger partial charge < -0.3 is 4.89 Å². The average Bonchev–Trinajstić information content (AvgIpc) is 0.722. The van der Waals surface area contributed by atoms with Crippen molar-refractivity contribution in [1.29, 1.82) is 0 Å². The van der Waals surface area contributed by atoms with Gasteiger partial charge in [0.05, 0.1) is 0 Å². The first-order chi connectivity index (χ1) is 2.00. The summed E-state index contributed by atoms with van der Waals surface area (Å²) >= 11 is 4.64. The van der Waals surface area contributed by atoms with Crippen LogP contribution >= 0.6 is 18.0 Å². The van der Waals surface area contributed by atoms with Gasteiger partial charge in [-0.1, -0.05) is 0 Å². The summed E-state index contributed by atoms with van der Waals surface area (Å²) in [6, 6.07) is 0. The van der Waals surface area contributed by atoms with Crippen LogP contribution < -0.4 is 0 Å². The smallest absolute Gasteiger partial charge is 0.284 e. The lowest BCUT2D eigenvalue weighted by Crippen LogP contribution is -1.52. The Morgan fingerprint density at radius 3 is 2.00 bits per heavy atom. The monoisotopic (exact) mass is 114 g/mol. The topological polar surface area (TPSA) is 37.3 Å². The highest BCUT2D eigenvalue weighted by Crippen LogP contribution is 2.40. The van der Waals surface area contributed by atoms with Crippen molar-refractivity contribution in [2.45, 2.75) is 0 Å². The Morgan fingerprint density at radius 2 is 2.00 bits per heavy atom. The highest BCUT2D eigenvalue weighted by molar-refractivity contribution is 7.83. The van der Waals surface area contributed by atoms with Crippen LogP contribution in [0.5, 0.6) is 0 Å². The van der Waals surface area contributed by atoms with Crippen LogP contribution in [-0.4, -0.2) is 11.6 Å². The predicted molar refractivity (Wildman–Crippen MR) is 21.6 cm³/mol. The summed E-state index contributed by atoms with van der Waals surface area (Å²) in [6.07, 6.45) is 0. The van der Waals surface area contributed by atoms with Crippen molar-refractivity contribution in [2.75, 3.05) is 6.66 Å². The summed E-state index contributed by atoms with van der Waals surface area (Å²) in [5, 5.41) is 0. The number of rotatable bonds is 0. The molecule has 0 saturated heterocycles. The van der Waals surface area contributed by atoms with Gasteiger partial charge in [0.2, 0.25) is 0 Å². The van der Waals surface area contributed by atoms with Gasteiger partial charge in [-0.2, -0.15) is 0 Å². The average molecular weight is 114 g/mol. The van der Waals surface area contributed by atoms with E-state index < -0.39 is 6.72 Å². The minimum absolute atomic E-state index is 1.06. The van der Waals surface area contributed by atoms with Crippen LogP contribution in [0.25, 0.3) is 0 Å². The Morgan fingerprint density at radius 1 is 2.00 bits per heavy atom. The zero-order valence-corrected chi connectivity index (χ0v) is 4.33. The van der Waals surface area contributed by atoms with Gasteiger partial charge in [0.1, 0.15) is 0 Å². The molecule has 5 heavy (non-hydrogen) atoms. The van der Waals surface area contributed by atoms with Gasteiger partial charge in [-0.15, -0.1) is 0 Å². The molecule has 1 N–H and O–H groups in total. The van der Waals surface area contributed by atoms with E-state index in [1.807, 2.05) is 0 Å². The van der Waals surface area contributed by atoms with E-state index in [4.69, 9.17) is 4.89 Å². The van der Waals surface area contributed by atoms with Gasteiger partial charge in [-0.05, 0) is 11.2 Å². The number of hydrogen-bond acceptors (Lipinski definition) is 1. The van der Waals surface area contributed by atoms with Crippen molar-refractivity contribution in [1.82, 2.24) is 0 Å². The highest BCUT2D eigenvalue weighted by atomic mass is 35.7. The quantitative estimate of drug-likeness (QED) is 0.478. The summed E-state index contributed by atoms with van der Waals surface area (Å²) in [5.74, 6) is 0. The highest BCUT2D eigenvalue weighted by Gasteiger charge is 1.96. The summed E-state index contributed by atoms with van der Waals surface area (Å²) in [5.41, 5.74) is 0. The molecule has 0 aromatic rings. The Bertz CT molecular complexity index is 55.8. The maximum absolute atomic E-state index is 9.54. The molecule has 0 bridgehead atoms. The minimum atomic E-state index is -3.17. The minimum Gasteiger partial charge on any atom is -0.333 e. The van der Waals surface area contributed by atoms with E-state index in [-0.39, 0.29) is 0 Å². The SMILES string of the molecule is CP(=O)(O)Cl. The third-order valence-electron chi connectivity index (χ3n) is 0. The molecule has 0 radical (unpaired) electrons. The van der Waals surface area contributed by atoms with Crippen LogP contribution in [0, 0.1) is 0 Å². The first-order valence-electron chi connectivity index (χ1n) is 0.999. The molecule has 0 rings (SSSR count). The second kappa shape index (κ2) is 1.29. The van der Waals surface area contributed by atoms with Crippen LogP contribution in [0.15, 0.2) is 0 Å². The Hall–Kier alpha value is 0.480. The maximum Gasteiger partial charge on any atom is 0.284 e. The molecule has 0 aliphatic heterocycles. The second-order valence-electron chi connectivity index (χ2n) is 0.778. The fourth-order valence-electron chi connectivity index (χ4n) is 0. The lowest BCUT2D eigenvalue weighted by molar-refractivity contribution is 0.502. The van der Waals surface area contributed by atoms with Crippen molar-refractivity contribution >= 4 is 18.0 Å². The van der Waals surface area contributed by atoms with E-state index >= 15 is 0 Å². The third kappa shape index (κ3) is 120. The van der Waals surface area contributed by atoms with Crippen LogP contribution in [0.2, 0.25) is 0 Å².